The van der Waals surface area contributed by atoms with Gasteiger partial charge in [0.25, 0.3) is 5.91 Å². The summed E-state index contributed by atoms with van der Waals surface area (Å²) in [6, 6.07) is 9.04. The van der Waals surface area contributed by atoms with Gasteiger partial charge in [0.1, 0.15) is 5.76 Å². The van der Waals surface area contributed by atoms with E-state index >= 15 is 0 Å². The molecule has 3 N–H and O–H groups in total. The molecule has 7 nitrogen and oxygen atoms in total. The highest BCUT2D eigenvalue weighted by atomic mass is 16.3. The van der Waals surface area contributed by atoms with Gasteiger partial charge in [0.15, 0.2) is 0 Å². The molecule has 0 saturated carbocycles. The van der Waals surface area contributed by atoms with Crippen LogP contribution in [0.15, 0.2) is 45.8 Å². The fraction of sp³-hybridized carbons (Fsp3) is 0.333. The summed E-state index contributed by atoms with van der Waals surface area (Å²) in [5.74, 6) is 1.29. The summed E-state index contributed by atoms with van der Waals surface area (Å²) >= 11 is 0. The molecule has 2 aromatic heterocycles. The number of imidazole rings is 1. The largest absolute Gasteiger partial charge is 0.468 e. The van der Waals surface area contributed by atoms with E-state index in [1.165, 1.54) is 0 Å². The zero-order chi connectivity index (χ0) is 17.2. The molecule has 1 fully saturated rings. The SMILES string of the molecule is O=C(NC[C@@H]1CCN(Cc2ccco2)C1)c1ccc2[nH]c(=O)[nH]c2c1. The van der Waals surface area contributed by atoms with Gasteiger partial charge in [-0.25, -0.2) is 4.79 Å². The van der Waals surface area contributed by atoms with E-state index in [9.17, 15) is 9.59 Å². The first-order chi connectivity index (χ1) is 12.2. The lowest BCUT2D eigenvalue weighted by atomic mass is 10.1. The molecule has 1 aliphatic heterocycles. The maximum atomic E-state index is 12.3. The van der Waals surface area contributed by atoms with Gasteiger partial charge in [-0.1, -0.05) is 0 Å². The van der Waals surface area contributed by atoms with Crippen molar-refractivity contribution in [2.45, 2.75) is 13.0 Å². The lowest BCUT2D eigenvalue weighted by molar-refractivity contribution is 0.0947. The summed E-state index contributed by atoms with van der Waals surface area (Å²) in [4.78, 5) is 31.3. The number of aromatic nitrogens is 2. The molecule has 0 aliphatic carbocycles. The van der Waals surface area contributed by atoms with Gasteiger partial charge in [-0.2, -0.15) is 0 Å². The van der Waals surface area contributed by atoms with E-state index in [0.717, 1.165) is 31.8 Å². The van der Waals surface area contributed by atoms with Crippen LogP contribution in [0.4, 0.5) is 0 Å². The minimum absolute atomic E-state index is 0.117. The van der Waals surface area contributed by atoms with Crippen LogP contribution in [0.25, 0.3) is 11.0 Å². The number of carbonyl (C=O) groups is 1. The molecule has 130 valence electrons. The summed E-state index contributed by atoms with van der Waals surface area (Å²) in [7, 11) is 0. The van der Waals surface area contributed by atoms with Crippen LogP contribution in [-0.4, -0.2) is 40.4 Å². The molecule has 0 unspecified atom stereocenters. The number of likely N-dealkylation sites (tertiary alicyclic amines) is 1. The number of benzene rings is 1. The topological polar surface area (TPSA) is 94.1 Å². The Labute approximate surface area is 144 Å². The minimum Gasteiger partial charge on any atom is -0.468 e. The zero-order valence-electron chi connectivity index (χ0n) is 13.7. The number of carbonyl (C=O) groups excluding carboxylic acids is 1. The van der Waals surface area contributed by atoms with Crippen LogP contribution in [0.2, 0.25) is 0 Å². The number of fused-ring (bicyclic) bond motifs is 1. The Balaban J connectivity index is 1.31. The van der Waals surface area contributed by atoms with Crippen molar-refractivity contribution < 1.29 is 9.21 Å². The Morgan fingerprint density at radius 3 is 3.00 bits per heavy atom. The molecule has 4 rings (SSSR count). The number of furan rings is 1. The first kappa shape index (κ1) is 15.7. The van der Waals surface area contributed by atoms with Gasteiger partial charge >= 0.3 is 5.69 Å². The molecule has 3 heterocycles. The second kappa shape index (κ2) is 6.60. The first-order valence-corrected chi connectivity index (χ1v) is 8.42. The molecule has 25 heavy (non-hydrogen) atoms. The van der Waals surface area contributed by atoms with Crippen LogP contribution < -0.4 is 11.0 Å². The highest BCUT2D eigenvalue weighted by Crippen LogP contribution is 2.18. The molecular weight excluding hydrogens is 320 g/mol. The number of H-pyrrole nitrogens is 2. The number of nitrogens with zero attached hydrogens (tertiary/aromatic N) is 1. The van der Waals surface area contributed by atoms with Crippen molar-refractivity contribution in [1.82, 2.24) is 20.2 Å². The number of nitrogens with one attached hydrogen (secondary N) is 3. The van der Waals surface area contributed by atoms with Crippen molar-refractivity contribution in [1.29, 1.82) is 0 Å². The summed E-state index contributed by atoms with van der Waals surface area (Å²) in [6.07, 6.45) is 2.75. The summed E-state index contributed by atoms with van der Waals surface area (Å²) in [5.41, 5.74) is 1.62. The maximum Gasteiger partial charge on any atom is 0.323 e. The standard InChI is InChI=1S/C18H20N4O3/c23-17(13-3-4-15-16(8-13)21-18(24)20-15)19-9-12-5-6-22(10-12)11-14-2-1-7-25-14/h1-4,7-8,12H,5-6,9-11H2,(H,19,23)(H2,20,21,24)/t12-/m0/s1. The second-order valence-corrected chi connectivity index (χ2v) is 6.52. The summed E-state index contributed by atoms with van der Waals surface area (Å²) in [6.45, 7) is 3.42. The summed E-state index contributed by atoms with van der Waals surface area (Å²) < 4.78 is 5.38. The van der Waals surface area contributed by atoms with Gasteiger partial charge < -0.3 is 19.7 Å². The average molecular weight is 340 g/mol. The van der Waals surface area contributed by atoms with E-state index in [1.807, 2.05) is 12.1 Å². The average Bonchev–Trinajstić information content (AvgIpc) is 3.32. The quantitative estimate of drug-likeness (QED) is 0.659. The van der Waals surface area contributed by atoms with Gasteiger partial charge in [0, 0.05) is 18.7 Å². The third kappa shape index (κ3) is 3.51. The van der Waals surface area contributed by atoms with Crippen LogP contribution >= 0.6 is 0 Å². The van der Waals surface area contributed by atoms with Crippen LogP contribution in [0, 0.1) is 5.92 Å². The highest BCUT2D eigenvalue weighted by molar-refractivity contribution is 5.97. The molecule has 0 spiro atoms. The number of aromatic amines is 2. The lowest BCUT2D eigenvalue weighted by Crippen LogP contribution is -2.30. The fourth-order valence-corrected chi connectivity index (χ4v) is 3.36. The molecule has 3 aromatic rings. The Morgan fingerprint density at radius 1 is 1.28 bits per heavy atom. The van der Waals surface area contributed by atoms with Gasteiger partial charge in [-0.3, -0.25) is 9.69 Å². The van der Waals surface area contributed by atoms with Gasteiger partial charge in [-0.05, 0) is 49.2 Å². The van der Waals surface area contributed by atoms with Crippen molar-refractivity contribution >= 4 is 16.9 Å². The lowest BCUT2D eigenvalue weighted by Gasteiger charge is -2.15. The maximum absolute atomic E-state index is 12.3. The number of amides is 1. The Hall–Kier alpha value is -2.80. The molecule has 1 atom stereocenters. The van der Waals surface area contributed by atoms with E-state index in [4.69, 9.17) is 4.42 Å². The Kier molecular flexibility index (Phi) is 4.15. The second-order valence-electron chi connectivity index (χ2n) is 6.52. The van der Waals surface area contributed by atoms with Crippen LogP contribution in [-0.2, 0) is 6.54 Å². The predicted octanol–water partition coefficient (Wildman–Crippen LogP) is 1.70. The number of hydrogen-bond acceptors (Lipinski definition) is 4. The molecule has 1 aliphatic rings. The molecular formula is C18H20N4O3. The van der Waals surface area contributed by atoms with Crippen LogP contribution in [0.3, 0.4) is 0 Å². The highest BCUT2D eigenvalue weighted by Gasteiger charge is 2.23. The zero-order valence-corrected chi connectivity index (χ0v) is 13.7. The van der Waals surface area contributed by atoms with E-state index in [2.05, 4.69) is 20.2 Å². The van der Waals surface area contributed by atoms with Crippen LogP contribution in [0.1, 0.15) is 22.5 Å². The Bertz CT molecular complexity index is 925. The van der Waals surface area contributed by atoms with E-state index in [0.29, 0.717) is 29.1 Å². The first-order valence-electron chi connectivity index (χ1n) is 8.42. The van der Waals surface area contributed by atoms with Crippen molar-refractivity contribution in [2.75, 3.05) is 19.6 Å². The smallest absolute Gasteiger partial charge is 0.323 e. The summed E-state index contributed by atoms with van der Waals surface area (Å²) in [5, 5.41) is 3.00. The van der Waals surface area contributed by atoms with Crippen molar-refractivity contribution in [3.63, 3.8) is 0 Å². The molecule has 1 saturated heterocycles. The van der Waals surface area contributed by atoms with E-state index in [1.54, 1.807) is 24.5 Å². The number of hydrogen-bond donors (Lipinski definition) is 3. The molecule has 0 bridgehead atoms. The molecule has 1 aromatic carbocycles. The van der Waals surface area contributed by atoms with Gasteiger partial charge in [-0.15, -0.1) is 0 Å². The van der Waals surface area contributed by atoms with E-state index in [-0.39, 0.29) is 11.6 Å². The monoisotopic (exact) mass is 340 g/mol. The van der Waals surface area contributed by atoms with Crippen molar-refractivity contribution in [2.24, 2.45) is 5.92 Å². The molecule has 1 amide bonds. The number of rotatable bonds is 5. The third-order valence-electron chi connectivity index (χ3n) is 4.66. The van der Waals surface area contributed by atoms with Gasteiger partial charge in [0.2, 0.25) is 0 Å². The molecule has 7 heteroatoms. The van der Waals surface area contributed by atoms with Gasteiger partial charge in [0.05, 0.1) is 23.8 Å². The predicted molar refractivity (Wildman–Crippen MR) is 93.3 cm³/mol. The fourth-order valence-electron chi connectivity index (χ4n) is 3.36. The minimum atomic E-state index is -0.268. The van der Waals surface area contributed by atoms with Crippen molar-refractivity contribution in [3.05, 3.63) is 58.4 Å². The normalized spacial score (nSPS) is 18.0. The third-order valence-corrected chi connectivity index (χ3v) is 4.66. The van der Waals surface area contributed by atoms with E-state index < -0.39 is 0 Å². The van der Waals surface area contributed by atoms with Crippen LogP contribution in [0.5, 0.6) is 0 Å². The van der Waals surface area contributed by atoms with Crippen molar-refractivity contribution in [3.8, 4) is 0 Å². The molecule has 0 radical (unpaired) electrons. The Morgan fingerprint density at radius 2 is 2.16 bits per heavy atom.